The smallest absolute Gasteiger partial charge is 0.325 e. The van der Waals surface area contributed by atoms with Gasteiger partial charge in [-0.05, 0) is 37.0 Å². The number of carbonyl (C=O) groups is 3. The molecule has 1 heterocycles. The number of urea groups is 1. The van der Waals surface area contributed by atoms with E-state index >= 15 is 0 Å². The third kappa shape index (κ3) is 3.68. The number of nitrogens with one attached hydrogen (secondary N) is 2. The zero-order valence-electron chi connectivity index (χ0n) is 16.8. The molecule has 1 unspecified atom stereocenters. The molecule has 0 radical (unpaired) electrons. The maximum atomic E-state index is 13.1. The molecule has 0 bridgehead atoms. The molecule has 2 N–H and O–H groups in total. The van der Waals surface area contributed by atoms with Gasteiger partial charge in [-0.2, -0.15) is 0 Å². The first-order valence-corrected chi connectivity index (χ1v) is 9.38. The number of hydrogen-bond acceptors (Lipinski definition) is 4. The van der Waals surface area contributed by atoms with Crippen molar-refractivity contribution in [1.29, 1.82) is 0 Å². The van der Waals surface area contributed by atoms with Gasteiger partial charge in [0.2, 0.25) is 5.91 Å². The Bertz CT molecular complexity index is 793. The van der Waals surface area contributed by atoms with Crippen LogP contribution >= 0.6 is 0 Å². The summed E-state index contributed by atoms with van der Waals surface area (Å²) in [7, 11) is 1.55. The van der Waals surface area contributed by atoms with Crippen molar-refractivity contribution >= 4 is 17.8 Å². The average Bonchev–Trinajstić information content (AvgIpc) is 2.97. The highest BCUT2D eigenvalue weighted by atomic mass is 16.5. The Morgan fingerprint density at radius 2 is 1.86 bits per heavy atom. The lowest BCUT2D eigenvalue weighted by Crippen LogP contribution is -2.51. The van der Waals surface area contributed by atoms with E-state index in [2.05, 4.69) is 16.6 Å². The molecule has 1 aliphatic rings. The van der Waals surface area contributed by atoms with Crippen LogP contribution in [0.3, 0.4) is 0 Å². The van der Waals surface area contributed by atoms with E-state index in [4.69, 9.17) is 11.2 Å². The predicted octanol–water partition coefficient (Wildman–Crippen LogP) is 2.16. The number of carbonyl (C=O) groups excluding carboxylic acids is 3. The minimum atomic E-state index is -1.21. The molecule has 0 aliphatic carbocycles. The van der Waals surface area contributed by atoms with Crippen LogP contribution in [0.4, 0.5) is 4.79 Å². The van der Waals surface area contributed by atoms with Crippen molar-refractivity contribution in [2.45, 2.75) is 51.1 Å². The molecule has 7 nitrogen and oxygen atoms in total. The SMILES string of the molecule is C#CC(CC)(CC)NC(=O)CN1C(=O)NC(CC)(c2ccc(OC)cc2)C1=O. The van der Waals surface area contributed by atoms with E-state index in [9.17, 15) is 14.4 Å². The Hall–Kier alpha value is -3.01. The molecule has 2 rings (SSSR count). The number of methoxy groups -OCH3 is 1. The molecule has 1 aromatic rings. The van der Waals surface area contributed by atoms with Crippen molar-refractivity contribution in [3.8, 4) is 18.1 Å². The van der Waals surface area contributed by atoms with E-state index < -0.39 is 28.9 Å². The number of rotatable bonds is 8. The van der Waals surface area contributed by atoms with Crippen LogP contribution in [-0.4, -0.2) is 41.9 Å². The molecular formula is C21H27N3O4. The van der Waals surface area contributed by atoms with Gasteiger partial charge in [-0.3, -0.25) is 14.5 Å². The third-order valence-electron chi connectivity index (χ3n) is 5.45. The second-order valence-electron chi connectivity index (χ2n) is 6.79. The number of amides is 4. The first-order chi connectivity index (χ1) is 13.3. The fourth-order valence-corrected chi connectivity index (χ4v) is 3.40. The second kappa shape index (κ2) is 8.34. The molecule has 1 aliphatic heterocycles. The van der Waals surface area contributed by atoms with E-state index in [0.29, 0.717) is 30.6 Å². The maximum Gasteiger partial charge on any atom is 0.325 e. The first kappa shape index (κ1) is 21.3. The topological polar surface area (TPSA) is 87.7 Å². The van der Waals surface area contributed by atoms with Crippen LogP contribution in [0.25, 0.3) is 0 Å². The third-order valence-corrected chi connectivity index (χ3v) is 5.45. The van der Waals surface area contributed by atoms with Crippen LogP contribution in [0.15, 0.2) is 24.3 Å². The van der Waals surface area contributed by atoms with Gasteiger partial charge in [0.25, 0.3) is 5.91 Å². The lowest BCUT2D eigenvalue weighted by molar-refractivity contribution is -0.135. The molecule has 4 amide bonds. The van der Waals surface area contributed by atoms with E-state index in [1.165, 1.54) is 0 Å². The number of benzene rings is 1. The number of terminal acetylenes is 1. The van der Waals surface area contributed by atoms with Gasteiger partial charge in [0.15, 0.2) is 0 Å². The number of hydrogen-bond donors (Lipinski definition) is 2. The molecule has 0 spiro atoms. The van der Waals surface area contributed by atoms with Gasteiger partial charge < -0.3 is 15.4 Å². The van der Waals surface area contributed by atoms with Crippen LogP contribution in [0.5, 0.6) is 5.75 Å². The van der Waals surface area contributed by atoms with Crippen molar-refractivity contribution < 1.29 is 19.1 Å². The van der Waals surface area contributed by atoms with Crippen molar-refractivity contribution in [1.82, 2.24) is 15.5 Å². The Labute approximate surface area is 165 Å². The molecule has 1 fully saturated rings. The van der Waals surface area contributed by atoms with Gasteiger partial charge in [0.1, 0.15) is 23.4 Å². The lowest BCUT2D eigenvalue weighted by Gasteiger charge is -2.28. The monoisotopic (exact) mass is 385 g/mol. The largest absolute Gasteiger partial charge is 0.497 e. The molecular weight excluding hydrogens is 358 g/mol. The molecule has 0 aromatic heterocycles. The highest BCUT2D eigenvalue weighted by Crippen LogP contribution is 2.33. The van der Waals surface area contributed by atoms with E-state index in [1.807, 2.05) is 20.8 Å². The predicted molar refractivity (Wildman–Crippen MR) is 105 cm³/mol. The molecule has 150 valence electrons. The summed E-state index contributed by atoms with van der Waals surface area (Å²) in [6.07, 6.45) is 7.02. The maximum absolute atomic E-state index is 13.1. The van der Waals surface area contributed by atoms with Crippen LogP contribution in [0, 0.1) is 12.3 Å². The standard InChI is InChI=1S/C21H27N3O4/c1-6-20(7-2,8-3)22-17(25)14-24-18(26)21(9-4,23-19(24)27)15-10-12-16(28-5)13-11-15/h1,10-13H,7-9,14H2,2-5H3,(H,22,25)(H,23,27). The summed E-state index contributed by atoms with van der Waals surface area (Å²) in [6, 6.07) is 6.33. The molecule has 1 atom stereocenters. The fourth-order valence-electron chi connectivity index (χ4n) is 3.40. The van der Waals surface area contributed by atoms with Gasteiger partial charge in [-0.1, -0.05) is 38.8 Å². The number of nitrogens with zero attached hydrogens (tertiary/aromatic N) is 1. The van der Waals surface area contributed by atoms with E-state index in [1.54, 1.807) is 31.4 Å². The Balaban J connectivity index is 2.24. The number of ether oxygens (including phenoxy) is 1. The Morgan fingerprint density at radius 1 is 1.25 bits per heavy atom. The van der Waals surface area contributed by atoms with Gasteiger partial charge in [-0.25, -0.2) is 4.79 Å². The quantitative estimate of drug-likeness (QED) is 0.530. The summed E-state index contributed by atoms with van der Waals surface area (Å²) in [6.45, 7) is 5.18. The van der Waals surface area contributed by atoms with Gasteiger partial charge in [-0.15, -0.1) is 6.42 Å². The molecule has 7 heteroatoms. The van der Waals surface area contributed by atoms with Gasteiger partial charge in [0, 0.05) is 0 Å². The Morgan fingerprint density at radius 3 is 2.32 bits per heavy atom. The van der Waals surface area contributed by atoms with Crippen molar-refractivity contribution in [3.05, 3.63) is 29.8 Å². The minimum Gasteiger partial charge on any atom is -0.497 e. The van der Waals surface area contributed by atoms with Crippen molar-refractivity contribution in [2.75, 3.05) is 13.7 Å². The first-order valence-electron chi connectivity index (χ1n) is 9.38. The Kier molecular flexibility index (Phi) is 6.34. The van der Waals surface area contributed by atoms with Gasteiger partial charge in [0.05, 0.1) is 7.11 Å². The minimum absolute atomic E-state index is 0.347. The molecule has 1 aromatic carbocycles. The average molecular weight is 385 g/mol. The summed E-state index contributed by atoms with van der Waals surface area (Å²) in [5.74, 6) is 2.33. The summed E-state index contributed by atoms with van der Waals surface area (Å²) in [4.78, 5) is 39.1. The van der Waals surface area contributed by atoms with Crippen LogP contribution in [-0.2, 0) is 15.1 Å². The molecule has 0 saturated carbocycles. The lowest BCUT2D eigenvalue weighted by atomic mass is 9.87. The summed E-state index contributed by atoms with van der Waals surface area (Å²) < 4.78 is 5.15. The normalized spacial score (nSPS) is 19.2. The van der Waals surface area contributed by atoms with Crippen LogP contribution < -0.4 is 15.4 Å². The van der Waals surface area contributed by atoms with Crippen LogP contribution in [0.2, 0.25) is 0 Å². The zero-order chi connectivity index (χ0) is 20.9. The summed E-state index contributed by atoms with van der Waals surface area (Å²) in [5.41, 5.74) is -1.35. The summed E-state index contributed by atoms with van der Waals surface area (Å²) >= 11 is 0. The van der Waals surface area contributed by atoms with Gasteiger partial charge >= 0.3 is 6.03 Å². The van der Waals surface area contributed by atoms with E-state index in [0.717, 1.165) is 4.90 Å². The van der Waals surface area contributed by atoms with Crippen molar-refractivity contribution in [2.24, 2.45) is 0 Å². The highest BCUT2D eigenvalue weighted by molar-refractivity contribution is 6.09. The zero-order valence-corrected chi connectivity index (χ0v) is 16.8. The van der Waals surface area contributed by atoms with Crippen molar-refractivity contribution in [3.63, 3.8) is 0 Å². The fraction of sp³-hybridized carbons (Fsp3) is 0.476. The molecule has 1 saturated heterocycles. The molecule has 28 heavy (non-hydrogen) atoms. The highest BCUT2D eigenvalue weighted by Gasteiger charge is 2.51. The number of imide groups is 1. The second-order valence-corrected chi connectivity index (χ2v) is 6.79. The van der Waals surface area contributed by atoms with E-state index in [-0.39, 0.29) is 6.54 Å². The summed E-state index contributed by atoms with van der Waals surface area (Å²) in [5, 5.41) is 5.54. The van der Waals surface area contributed by atoms with Crippen LogP contribution in [0.1, 0.15) is 45.6 Å².